The number of carbonyl (C=O) groups excluding carboxylic acids is 2. The summed E-state index contributed by atoms with van der Waals surface area (Å²) < 4.78 is 27.6. The number of fused-ring (bicyclic) bond motifs is 1. The van der Waals surface area contributed by atoms with Crippen molar-refractivity contribution in [2.75, 3.05) is 11.9 Å². The molecule has 0 aliphatic carbocycles. The fraction of sp³-hybridized carbons (Fsp3) is 0.467. The molecule has 0 aromatic heterocycles. The van der Waals surface area contributed by atoms with Gasteiger partial charge >= 0.3 is 0 Å². The molecule has 0 bridgehead atoms. The van der Waals surface area contributed by atoms with Crippen LogP contribution in [0.3, 0.4) is 0 Å². The lowest BCUT2D eigenvalue weighted by molar-refractivity contribution is -0.129. The Morgan fingerprint density at radius 2 is 2.04 bits per heavy atom. The van der Waals surface area contributed by atoms with Crippen molar-refractivity contribution >= 4 is 27.5 Å². The number of carbonyl (C=O) groups is 2. The van der Waals surface area contributed by atoms with Crippen LogP contribution >= 0.6 is 0 Å². The van der Waals surface area contributed by atoms with Gasteiger partial charge in [-0.15, -0.1) is 0 Å². The Bertz CT molecular complexity index is 773. The summed E-state index contributed by atoms with van der Waals surface area (Å²) in [5.41, 5.74) is 1.32. The van der Waals surface area contributed by atoms with E-state index in [4.69, 9.17) is 0 Å². The fourth-order valence-electron chi connectivity index (χ4n) is 2.97. The third-order valence-corrected chi connectivity index (χ3v) is 5.63. The van der Waals surface area contributed by atoms with Gasteiger partial charge in [0.1, 0.15) is 0 Å². The zero-order valence-electron chi connectivity index (χ0n) is 13.0. The molecule has 1 atom stereocenters. The molecule has 1 aromatic carbocycles. The molecule has 2 amide bonds. The summed E-state index contributed by atoms with van der Waals surface area (Å²) in [7, 11) is -3.72. The van der Waals surface area contributed by atoms with E-state index >= 15 is 0 Å². The minimum absolute atomic E-state index is 0.0450. The first-order valence-electron chi connectivity index (χ1n) is 7.51. The summed E-state index contributed by atoms with van der Waals surface area (Å²) in [6.07, 6.45) is 0.351. The van der Waals surface area contributed by atoms with Crippen molar-refractivity contribution in [2.45, 2.75) is 43.7 Å². The molecule has 2 aliphatic heterocycles. The molecule has 124 valence electrons. The van der Waals surface area contributed by atoms with Crippen LogP contribution < -0.4 is 10.0 Å². The molecule has 2 aliphatic rings. The predicted molar refractivity (Wildman–Crippen MR) is 84.4 cm³/mol. The fourth-order valence-corrected chi connectivity index (χ4v) is 4.25. The monoisotopic (exact) mass is 337 g/mol. The lowest BCUT2D eigenvalue weighted by Gasteiger charge is -2.21. The Balaban J connectivity index is 1.77. The molecule has 1 aromatic rings. The van der Waals surface area contributed by atoms with Gasteiger partial charge < -0.3 is 10.2 Å². The van der Waals surface area contributed by atoms with Gasteiger partial charge in [0.15, 0.2) is 0 Å². The first-order chi connectivity index (χ1) is 10.8. The van der Waals surface area contributed by atoms with Gasteiger partial charge in [-0.25, -0.2) is 13.1 Å². The van der Waals surface area contributed by atoms with Gasteiger partial charge in [-0.1, -0.05) is 0 Å². The van der Waals surface area contributed by atoms with E-state index in [-0.39, 0.29) is 35.6 Å². The van der Waals surface area contributed by atoms with Gasteiger partial charge in [-0.3, -0.25) is 9.59 Å². The Morgan fingerprint density at radius 1 is 1.30 bits per heavy atom. The number of likely N-dealkylation sites (tertiary alicyclic amines) is 1. The SMILES string of the molecule is CC(C)N1CC(NS(=O)(=O)c2ccc3c(c2)CC(=O)N3)CC1=O. The average molecular weight is 337 g/mol. The summed E-state index contributed by atoms with van der Waals surface area (Å²) in [4.78, 5) is 25.0. The molecular weight excluding hydrogens is 318 g/mol. The standard InChI is InChI=1S/C15H19N3O4S/c1-9(2)18-8-11(7-15(18)20)17-23(21,22)12-3-4-13-10(5-12)6-14(19)16-13/h3-5,9,11,17H,6-8H2,1-2H3,(H,16,19). The van der Waals surface area contributed by atoms with Crippen LogP contribution in [-0.2, 0) is 26.0 Å². The van der Waals surface area contributed by atoms with Crippen LogP contribution in [0.25, 0.3) is 0 Å². The number of nitrogens with zero attached hydrogens (tertiary/aromatic N) is 1. The molecule has 2 N–H and O–H groups in total. The maximum absolute atomic E-state index is 12.5. The van der Waals surface area contributed by atoms with E-state index in [1.54, 1.807) is 11.0 Å². The van der Waals surface area contributed by atoms with E-state index in [1.165, 1.54) is 12.1 Å². The summed E-state index contributed by atoms with van der Waals surface area (Å²) in [6, 6.07) is 4.18. The van der Waals surface area contributed by atoms with Crippen molar-refractivity contribution in [2.24, 2.45) is 0 Å². The molecule has 3 rings (SSSR count). The van der Waals surface area contributed by atoms with Crippen molar-refractivity contribution in [1.29, 1.82) is 0 Å². The van der Waals surface area contributed by atoms with Crippen molar-refractivity contribution in [3.8, 4) is 0 Å². The van der Waals surface area contributed by atoms with Crippen LogP contribution in [-0.4, -0.2) is 43.8 Å². The molecule has 1 fully saturated rings. The first-order valence-corrected chi connectivity index (χ1v) is 8.99. The first kappa shape index (κ1) is 15.9. The highest BCUT2D eigenvalue weighted by atomic mass is 32.2. The van der Waals surface area contributed by atoms with Gasteiger partial charge in [0, 0.05) is 30.7 Å². The Hall–Kier alpha value is -1.93. The quantitative estimate of drug-likeness (QED) is 0.835. The van der Waals surface area contributed by atoms with Crippen molar-refractivity contribution in [3.63, 3.8) is 0 Å². The van der Waals surface area contributed by atoms with E-state index in [1.807, 2.05) is 13.8 Å². The second-order valence-corrected chi connectivity index (χ2v) is 7.92. The highest BCUT2D eigenvalue weighted by Crippen LogP contribution is 2.26. The molecular formula is C15H19N3O4S. The van der Waals surface area contributed by atoms with E-state index in [2.05, 4.69) is 10.0 Å². The molecule has 1 unspecified atom stereocenters. The van der Waals surface area contributed by atoms with Gasteiger partial charge in [0.05, 0.1) is 11.3 Å². The van der Waals surface area contributed by atoms with Crippen LogP contribution in [0.5, 0.6) is 0 Å². The maximum atomic E-state index is 12.5. The molecule has 1 saturated heterocycles. The van der Waals surface area contributed by atoms with Crippen LogP contribution in [0.15, 0.2) is 23.1 Å². The van der Waals surface area contributed by atoms with Gasteiger partial charge in [-0.2, -0.15) is 0 Å². The third kappa shape index (κ3) is 3.09. The second kappa shape index (κ2) is 5.61. The normalized spacial score (nSPS) is 21.0. The lowest BCUT2D eigenvalue weighted by atomic mass is 10.2. The van der Waals surface area contributed by atoms with Crippen LogP contribution in [0.2, 0.25) is 0 Å². The number of hydrogen-bond donors (Lipinski definition) is 2. The largest absolute Gasteiger partial charge is 0.339 e. The Labute approximate surface area is 135 Å². The van der Waals surface area contributed by atoms with E-state index in [0.717, 1.165) is 0 Å². The molecule has 0 saturated carbocycles. The highest BCUT2D eigenvalue weighted by Gasteiger charge is 2.34. The lowest BCUT2D eigenvalue weighted by Crippen LogP contribution is -2.38. The van der Waals surface area contributed by atoms with Crippen LogP contribution in [0, 0.1) is 0 Å². The zero-order chi connectivity index (χ0) is 16.8. The van der Waals surface area contributed by atoms with Gasteiger partial charge in [0.25, 0.3) is 0 Å². The number of nitrogens with one attached hydrogen (secondary N) is 2. The molecule has 0 radical (unpaired) electrons. The summed E-state index contributed by atoms with van der Waals surface area (Å²) in [6.45, 7) is 4.18. The number of benzene rings is 1. The van der Waals surface area contributed by atoms with Gasteiger partial charge in [-0.05, 0) is 37.6 Å². The minimum Gasteiger partial charge on any atom is -0.339 e. The maximum Gasteiger partial charge on any atom is 0.240 e. The number of rotatable bonds is 4. The summed E-state index contributed by atoms with van der Waals surface area (Å²) in [5, 5.41) is 2.67. The minimum atomic E-state index is -3.72. The van der Waals surface area contributed by atoms with E-state index < -0.39 is 16.1 Å². The predicted octanol–water partition coefficient (Wildman–Crippen LogP) is 0.469. The number of amides is 2. The Morgan fingerprint density at radius 3 is 2.70 bits per heavy atom. The molecule has 7 nitrogen and oxygen atoms in total. The number of sulfonamides is 1. The number of hydrogen-bond acceptors (Lipinski definition) is 4. The van der Waals surface area contributed by atoms with Crippen LogP contribution in [0.1, 0.15) is 25.8 Å². The molecule has 23 heavy (non-hydrogen) atoms. The van der Waals surface area contributed by atoms with Crippen molar-refractivity contribution in [1.82, 2.24) is 9.62 Å². The third-order valence-electron chi connectivity index (χ3n) is 4.12. The van der Waals surface area contributed by atoms with Crippen molar-refractivity contribution in [3.05, 3.63) is 23.8 Å². The molecule has 0 spiro atoms. The topological polar surface area (TPSA) is 95.6 Å². The Kier molecular flexibility index (Phi) is 3.89. The van der Waals surface area contributed by atoms with Gasteiger partial charge in [0.2, 0.25) is 21.8 Å². The average Bonchev–Trinajstić information content (AvgIpc) is 2.98. The summed E-state index contributed by atoms with van der Waals surface area (Å²) in [5.74, 6) is -0.187. The molecule has 2 heterocycles. The second-order valence-electron chi connectivity index (χ2n) is 6.21. The van der Waals surface area contributed by atoms with E-state index in [0.29, 0.717) is 17.8 Å². The smallest absolute Gasteiger partial charge is 0.240 e. The van der Waals surface area contributed by atoms with Crippen LogP contribution in [0.4, 0.5) is 5.69 Å². The zero-order valence-corrected chi connectivity index (χ0v) is 13.8. The number of anilines is 1. The van der Waals surface area contributed by atoms with E-state index in [9.17, 15) is 18.0 Å². The summed E-state index contributed by atoms with van der Waals surface area (Å²) >= 11 is 0. The van der Waals surface area contributed by atoms with Crippen molar-refractivity contribution < 1.29 is 18.0 Å². The molecule has 8 heteroatoms. The highest BCUT2D eigenvalue weighted by molar-refractivity contribution is 7.89.